The van der Waals surface area contributed by atoms with Gasteiger partial charge in [0.1, 0.15) is 71.6 Å². The van der Waals surface area contributed by atoms with Gasteiger partial charge in [-0.05, 0) is 141 Å². The molecule has 2 saturated heterocycles. The number of amides is 11. The Morgan fingerprint density at radius 1 is 0.540 bits per heavy atom. The van der Waals surface area contributed by atoms with Gasteiger partial charge in [-0.25, -0.2) is 23.2 Å². The molecule has 1 saturated carbocycles. The molecule has 11 amide bonds. The fraction of sp³-hybridized carbons (Fsp3) is 0.662. The van der Waals surface area contributed by atoms with Gasteiger partial charge in [-0.15, -0.1) is 0 Å². The van der Waals surface area contributed by atoms with Gasteiger partial charge in [0, 0.05) is 25.9 Å². The molecule has 0 radical (unpaired) electrons. The van der Waals surface area contributed by atoms with E-state index in [-0.39, 0.29) is 76.3 Å². The molecule has 5 rings (SSSR count). The van der Waals surface area contributed by atoms with E-state index in [9.17, 15) is 57.8 Å². The van der Waals surface area contributed by atoms with Gasteiger partial charge in [0.15, 0.2) is 0 Å². The summed E-state index contributed by atoms with van der Waals surface area (Å²) in [5, 5.41) is 40.0. The van der Waals surface area contributed by atoms with E-state index in [1.807, 2.05) is 0 Å². The molecule has 3 fully saturated rings. The molecule has 0 spiro atoms. The quantitative estimate of drug-likeness (QED) is 0.0420. The monoisotopic (exact) mass is 1410 g/mol. The smallest absolute Gasteiger partial charge is 0.407 e. The van der Waals surface area contributed by atoms with Crippen molar-refractivity contribution in [2.45, 2.75) is 251 Å². The third-order valence-electron chi connectivity index (χ3n) is 17.1. The molecule has 2 aliphatic heterocycles. The Bertz CT molecular complexity index is 3140. The highest BCUT2D eigenvalue weighted by molar-refractivity contribution is 5.99. The molecule has 12 N–H and O–H groups in total. The van der Waals surface area contributed by atoms with Gasteiger partial charge < -0.3 is 78.0 Å². The number of likely N-dealkylation sites (tertiary alicyclic amines) is 1. The van der Waals surface area contributed by atoms with Crippen LogP contribution in [0, 0.1) is 29.6 Å². The molecule has 2 aromatic rings. The Morgan fingerprint density at radius 3 is 1.32 bits per heavy atom. The third kappa shape index (κ3) is 25.9. The van der Waals surface area contributed by atoms with Crippen molar-refractivity contribution < 1.29 is 80.9 Å². The first-order chi connectivity index (χ1) is 46.8. The maximum absolute atomic E-state index is 15.9. The molecule has 0 bridgehead atoms. The predicted molar refractivity (Wildman–Crippen MR) is 367 cm³/mol. The first-order valence-corrected chi connectivity index (χ1v) is 34.9. The van der Waals surface area contributed by atoms with Gasteiger partial charge in [0.05, 0.1) is 12.0 Å². The summed E-state index contributed by atoms with van der Waals surface area (Å²) in [6, 6.07) is 1.71. The summed E-state index contributed by atoms with van der Waals surface area (Å²) in [4.78, 5) is 169. The lowest BCUT2D eigenvalue weighted by Gasteiger charge is -2.34. The molecule has 29 heteroatoms. The van der Waals surface area contributed by atoms with Crippen molar-refractivity contribution in [2.24, 2.45) is 29.6 Å². The summed E-state index contributed by atoms with van der Waals surface area (Å²) in [5.41, 5.74) is -0.563. The van der Waals surface area contributed by atoms with Crippen LogP contribution in [0.15, 0.2) is 60.7 Å². The van der Waals surface area contributed by atoms with Crippen molar-refractivity contribution in [2.75, 3.05) is 19.6 Å². The average molecular weight is 1410 g/mol. The van der Waals surface area contributed by atoms with Crippen molar-refractivity contribution >= 4 is 71.3 Å². The minimum Gasteiger partial charge on any atom is -0.480 e. The maximum Gasteiger partial charge on any atom is 0.407 e. The largest absolute Gasteiger partial charge is 0.480 e. The van der Waals surface area contributed by atoms with Crippen molar-refractivity contribution in [3.8, 4) is 0 Å². The van der Waals surface area contributed by atoms with E-state index < -0.39 is 179 Å². The van der Waals surface area contributed by atoms with E-state index in [0.29, 0.717) is 24.1 Å². The number of rotatable bonds is 36. The van der Waals surface area contributed by atoms with E-state index >= 15 is 13.6 Å². The second kappa shape index (κ2) is 37.3. The third-order valence-corrected chi connectivity index (χ3v) is 17.1. The van der Waals surface area contributed by atoms with Crippen LogP contribution in [-0.4, -0.2) is 185 Å². The number of halogens is 2. The summed E-state index contributed by atoms with van der Waals surface area (Å²) in [5.74, 6) is -15.6. The minimum absolute atomic E-state index is 0.00261. The highest BCUT2D eigenvalue weighted by Crippen LogP contribution is 2.60. The summed E-state index contributed by atoms with van der Waals surface area (Å²) < 4.78 is 42.5. The Balaban J connectivity index is 1.42. The van der Waals surface area contributed by atoms with Crippen LogP contribution in [0.4, 0.5) is 18.4 Å². The predicted octanol–water partition coefficient (Wildman–Crippen LogP) is 4.44. The van der Waals surface area contributed by atoms with E-state index in [1.54, 1.807) is 158 Å². The average Bonchev–Trinajstić information content (AvgIpc) is 1.52. The minimum atomic E-state index is -3.47. The highest BCUT2D eigenvalue weighted by Gasteiger charge is 2.77. The van der Waals surface area contributed by atoms with Crippen LogP contribution in [0.3, 0.4) is 0 Å². The molecule has 1 aliphatic carbocycles. The van der Waals surface area contributed by atoms with E-state index in [2.05, 4.69) is 58.5 Å². The number of benzene rings is 2. The Kier molecular flexibility index (Phi) is 30.6. The van der Waals surface area contributed by atoms with Crippen LogP contribution < -0.4 is 58.5 Å². The summed E-state index contributed by atoms with van der Waals surface area (Å²) in [6.07, 6.45) is -1.19. The number of alkyl carbamates (subject to hydrolysis) is 2. The number of carbonyl (C=O) groups is 12. The number of alkyl halides is 2. The number of nitrogens with one attached hydrogen (secondary N) is 11. The second-order valence-corrected chi connectivity index (χ2v) is 29.8. The van der Waals surface area contributed by atoms with E-state index in [0.717, 1.165) is 11.3 Å². The number of hydrogen-bond donors (Lipinski definition) is 12. The standard InChI is InChI=1S/C71H108F2N12O15/c1-39(2)34-49(79-58(87)47(29-22-32-75-67(97)99-69(9,10)11)77-63(92)54(41(5)6)83-57(86)46-28-21-31-74-46)60(89)81-51(36-43-24-17-15-18-25-43)65(94)85-53(38-45-56(85)71(45,72)73)62(91)84-55(42(7)8)64(93)78-48(30-23-33-76-68(98)100-70(12,13)14)59(88)80-50(35-40(3)4)61(90)82-52(66(95)96)37-44-26-19-16-20-27-44/h15-20,24-27,39-42,45-56,74H,21-23,28-38H2,1-14H3,(H,75,97)(H,76,98)(H,77,92)(H,78,93)(H,79,87)(H,80,88)(H,81,89)(H,82,90)(H,83,86)(H,84,91)(H,95,96)/t45-,46+,47+,48+,49+,50+,51-,52-,53+,54+,55+,56+/m1/s1. The van der Waals surface area contributed by atoms with E-state index in [4.69, 9.17) is 9.47 Å². The summed E-state index contributed by atoms with van der Waals surface area (Å²) >= 11 is 0. The van der Waals surface area contributed by atoms with E-state index in [1.165, 1.54) is 0 Å². The number of carbonyl (C=O) groups excluding carboxylic acids is 11. The molecule has 2 aromatic carbocycles. The van der Waals surface area contributed by atoms with Crippen molar-refractivity contribution in [1.82, 2.24) is 63.4 Å². The maximum atomic E-state index is 15.9. The normalized spacial score (nSPS) is 19.4. The number of piperidine rings is 1. The van der Waals surface area contributed by atoms with Crippen molar-refractivity contribution in [3.63, 3.8) is 0 Å². The number of fused-ring (bicyclic) bond motifs is 1. The van der Waals surface area contributed by atoms with Crippen LogP contribution in [0.2, 0.25) is 0 Å². The van der Waals surface area contributed by atoms with Crippen LogP contribution >= 0.6 is 0 Å². The van der Waals surface area contributed by atoms with Gasteiger partial charge in [0.25, 0.3) is 5.92 Å². The fourth-order valence-electron chi connectivity index (χ4n) is 12.0. The Morgan fingerprint density at radius 2 is 0.930 bits per heavy atom. The second-order valence-electron chi connectivity index (χ2n) is 29.8. The van der Waals surface area contributed by atoms with Gasteiger partial charge in [-0.2, -0.15) is 0 Å². The lowest BCUT2D eigenvalue weighted by atomic mass is 9.98. The SMILES string of the molecule is CC(C)C[C@H](NC(=O)[C@H](CCCNC(=O)OC(C)(C)C)NC(=O)[C@@H](NC(=O)[C@@H]1C[C@@H]2[C@H](N1C(=O)[C@@H](Cc1ccccc1)NC(=O)[C@H](CC(C)C)NC(=O)[C@H](CCCNC(=O)OC(C)(C)C)NC(=O)[C@@H](NC(=O)[C@@H]1CCCN1)C(C)C)C2(F)F)C(C)C)C(=O)N[C@H](Cc1ccccc1)C(=O)O. The van der Waals surface area contributed by atoms with Gasteiger partial charge in [-0.3, -0.25) is 43.2 Å². The molecular weight excluding hydrogens is 1300 g/mol. The first-order valence-electron chi connectivity index (χ1n) is 34.9. The lowest BCUT2D eigenvalue weighted by molar-refractivity contribution is -0.146. The molecule has 100 heavy (non-hydrogen) atoms. The number of ether oxygens (including phenoxy) is 2. The van der Waals surface area contributed by atoms with Gasteiger partial charge >= 0.3 is 18.2 Å². The fourth-order valence-corrected chi connectivity index (χ4v) is 12.0. The Hall–Kier alpha value is -8.50. The molecule has 27 nitrogen and oxygen atoms in total. The highest BCUT2D eigenvalue weighted by atomic mass is 19.3. The van der Waals surface area contributed by atoms with Crippen molar-refractivity contribution in [1.29, 1.82) is 0 Å². The molecule has 2 heterocycles. The molecule has 556 valence electrons. The topological polar surface area (TPSA) is 379 Å². The number of carboxylic acid groups (broad SMARTS) is 1. The van der Waals surface area contributed by atoms with Gasteiger partial charge in [-0.1, -0.05) is 116 Å². The van der Waals surface area contributed by atoms with Crippen LogP contribution in [-0.2, 0) is 70.3 Å². The zero-order valence-electron chi connectivity index (χ0n) is 60.3. The summed E-state index contributed by atoms with van der Waals surface area (Å²) in [7, 11) is 0. The molecule has 12 atom stereocenters. The summed E-state index contributed by atoms with van der Waals surface area (Å²) in [6.45, 7) is 24.3. The molecule has 0 aromatic heterocycles. The zero-order chi connectivity index (χ0) is 74.6. The van der Waals surface area contributed by atoms with Crippen LogP contribution in [0.25, 0.3) is 0 Å². The number of aliphatic carboxylic acids is 1. The van der Waals surface area contributed by atoms with Crippen LogP contribution in [0.1, 0.15) is 166 Å². The molecule has 0 unspecified atom stereocenters. The lowest BCUT2D eigenvalue weighted by Crippen LogP contribution is -2.62. The molecular formula is C71H108F2N12O15. The Labute approximate surface area is 585 Å². The zero-order valence-corrected chi connectivity index (χ0v) is 60.3. The molecule has 3 aliphatic rings. The number of nitrogens with zero attached hydrogens (tertiary/aromatic N) is 1. The first kappa shape index (κ1) is 82.2. The number of hydrogen-bond acceptors (Lipinski definition) is 15. The number of carboxylic acids is 1. The van der Waals surface area contributed by atoms with Crippen LogP contribution in [0.5, 0.6) is 0 Å². The van der Waals surface area contributed by atoms with Crippen molar-refractivity contribution in [3.05, 3.63) is 71.8 Å². The van der Waals surface area contributed by atoms with Gasteiger partial charge in [0.2, 0.25) is 53.2 Å².